The summed E-state index contributed by atoms with van der Waals surface area (Å²) in [5.41, 5.74) is 2.26. The smallest absolute Gasteiger partial charge is 0.265 e. The maximum atomic E-state index is 13.0. The molecule has 0 bridgehead atoms. The fourth-order valence-electron chi connectivity index (χ4n) is 3.59. The number of anilines is 1. The number of hydrogen-bond acceptors (Lipinski definition) is 6. The number of ether oxygens (including phenoxy) is 3. The van der Waals surface area contributed by atoms with Crippen LogP contribution in [0.25, 0.3) is 0 Å². The van der Waals surface area contributed by atoms with Crippen LogP contribution in [0.15, 0.2) is 64.5 Å². The number of aliphatic imine (C=N–C) groups is 1. The zero-order valence-corrected chi connectivity index (χ0v) is 20.7. The normalized spacial score (nSPS) is 15.2. The topological polar surface area (TPSA) is 86.2 Å². The number of nitrogens with one attached hydrogen (secondary N) is 1. The summed E-state index contributed by atoms with van der Waals surface area (Å²) in [6.07, 6.45) is 2.90. The molecule has 10 heteroatoms. The van der Waals surface area contributed by atoms with Crippen LogP contribution in [-0.4, -0.2) is 35.0 Å². The van der Waals surface area contributed by atoms with E-state index in [-0.39, 0.29) is 33.2 Å². The van der Waals surface area contributed by atoms with Gasteiger partial charge in [-0.05, 0) is 42.7 Å². The molecule has 1 aliphatic rings. The molecule has 7 nitrogen and oxygen atoms in total. The molecule has 178 valence electrons. The summed E-state index contributed by atoms with van der Waals surface area (Å²) in [5, 5.41) is 0.544. The van der Waals surface area contributed by atoms with Crippen molar-refractivity contribution in [1.82, 2.24) is 0 Å². The van der Waals surface area contributed by atoms with Gasteiger partial charge in [0.1, 0.15) is 16.7 Å². The van der Waals surface area contributed by atoms with E-state index in [1.165, 1.54) is 44.6 Å². The Morgan fingerprint density at radius 3 is 2.53 bits per heavy atom. The Balaban J connectivity index is 1.58. The third-order valence-electron chi connectivity index (χ3n) is 5.24. The first-order valence-electron chi connectivity index (χ1n) is 10.3. The van der Waals surface area contributed by atoms with E-state index in [0.29, 0.717) is 17.2 Å². The Bertz CT molecular complexity index is 1350. The number of sulfonamides is 1. The molecule has 0 spiro atoms. The van der Waals surface area contributed by atoms with Crippen molar-refractivity contribution in [1.29, 1.82) is 0 Å². The Morgan fingerprint density at radius 2 is 1.76 bits per heavy atom. The average Bonchev–Trinajstić information content (AvgIpc) is 3.02. The fraction of sp³-hybridized carbons (Fsp3) is 0.208. The van der Waals surface area contributed by atoms with E-state index in [2.05, 4.69) is 9.71 Å². The van der Waals surface area contributed by atoms with Gasteiger partial charge < -0.3 is 14.2 Å². The van der Waals surface area contributed by atoms with Gasteiger partial charge in [-0.15, -0.1) is 0 Å². The van der Waals surface area contributed by atoms with Crippen molar-refractivity contribution < 1.29 is 22.6 Å². The molecule has 1 atom stereocenters. The molecular formula is C24H22Cl2N2O5S. The predicted molar refractivity (Wildman–Crippen MR) is 134 cm³/mol. The van der Waals surface area contributed by atoms with Crippen LogP contribution in [0.2, 0.25) is 10.0 Å². The first-order valence-corrected chi connectivity index (χ1v) is 12.6. The minimum absolute atomic E-state index is 0.0657. The summed E-state index contributed by atoms with van der Waals surface area (Å²) >= 11 is 12.4. The molecule has 3 aromatic carbocycles. The summed E-state index contributed by atoms with van der Waals surface area (Å²) in [6.45, 7) is 0. The summed E-state index contributed by atoms with van der Waals surface area (Å²) < 4.78 is 45.2. The standard InChI is InChI=1S/C24H22Cl2N2O5S/c1-31-21-11-16(25)8-10-23(21)34(29,30)28-17-12-19(26)24(22(13-17)32-2)33-18-9-7-15-5-3-4-6-20(15)27-14-18/h3-6,8,10-14,18,28H,7,9H2,1-2H3. The van der Waals surface area contributed by atoms with Crippen LogP contribution in [-0.2, 0) is 16.4 Å². The third kappa shape index (κ3) is 5.24. The number of aryl methyl sites for hydroxylation is 1. The van der Waals surface area contributed by atoms with Crippen molar-refractivity contribution in [3.8, 4) is 17.2 Å². The van der Waals surface area contributed by atoms with Crippen molar-refractivity contribution in [3.63, 3.8) is 0 Å². The molecule has 0 saturated carbocycles. The summed E-state index contributed by atoms with van der Waals surface area (Å²) in [7, 11) is -1.18. The molecule has 1 aliphatic heterocycles. The second-order valence-electron chi connectivity index (χ2n) is 7.49. The van der Waals surface area contributed by atoms with Gasteiger partial charge in [-0.25, -0.2) is 8.42 Å². The number of para-hydroxylation sites is 1. The second-order valence-corrected chi connectivity index (χ2v) is 9.99. The lowest BCUT2D eigenvalue weighted by atomic mass is 10.1. The van der Waals surface area contributed by atoms with Gasteiger partial charge >= 0.3 is 0 Å². The second kappa shape index (κ2) is 10.1. The van der Waals surface area contributed by atoms with Gasteiger partial charge in [0.2, 0.25) is 0 Å². The highest BCUT2D eigenvalue weighted by atomic mass is 35.5. The number of fused-ring (bicyclic) bond motifs is 1. The lowest BCUT2D eigenvalue weighted by Crippen LogP contribution is -2.19. The molecule has 0 fully saturated rings. The highest BCUT2D eigenvalue weighted by molar-refractivity contribution is 7.92. The number of nitrogens with zero attached hydrogens (tertiary/aromatic N) is 1. The number of benzene rings is 3. The summed E-state index contributed by atoms with van der Waals surface area (Å²) in [5.74, 6) is 0.702. The molecule has 0 amide bonds. The number of methoxy groups -OCH3 is 2. The van der Waals surface area contributed by atoms with Crippen LogP contribution < -0.4 is 18.9 Å². The van der Waals surface area contributed by atoms with E-state index in [0.717, 1.165) is 17.7 Å². The predicted octanol–water partition coefficient (Wildman–Crippen LogP) is 5.91. The highest BCUT2D eigenvalue weighted by Gasteiger charge is 2.23. The molecule has 1 unspecified atom stereocenters. The average molecular weight is 521 g/mol. The number of rotatable bonds is 7. The number of halogens is 2. The molecule has 1 N–H and O–H groups in total. The molecule has 0 saturated heterocycles. The van der Waals surface area contributed by atoms with Crippen molar-refractivity contribution in [2.24, 2.45) is 4.99 Å². The maximum absolute atomic E-state index is 13.0. The number of hydrogen-bond donors (Lipinski definition) is 1. The van der Waals surface area contributed by atoms with Gasteiger partial charge in [0.15, 0.2) is 11.5 Å². The minimum atomic E-state index is -4.00. The molecule has 0 aliphatic carbocycles. The van der Waals surface area contributed by atoms with Gasteiger partial charge in [-0.3, -0.25) is 9.71 Å². The van der Waals surface area contributed by atoms with Crippen LogP contribution in [0.3, 0.4) is 0 Å². The Labute approximate surface area is 208 Å². The van der Waals surface area contributed by atoms with Crippen LogP contribution in [0.4, 0.5) is 11.4 Å². The van der Waals surface area contributed by atoms with E-state index in [4.69, 9.17) is 37.4 Å². The van der Waals surface area contributed by atoms with E-state index in [9.17, 15) is 8.42 Å². The van der Waals surface area contributed by atoms with Crippen molar-refractivity contribution in [3.05, 3.63) is 70.2 Å². The van der Waals surface area contributed by atoms with Crippen LogP contribution >= 0.6 is 23.2 Å². The first-order chi connectivity index (χ1) is 16.3. The lowest BCUT2D eigenvalue weighted by molar-refractivity contribution is 0.248. The molecule has 4 rings (SSSR count). The largest absolute Gasteiger partial charge is 0.495 e. The van der Waals surface area contributed by atoms with Gasteiger partial charge in [-0.2, -0.15) is 0 Å². The van der Waals surface area contributed by atoms with E-state index in [1.807, 2.05) is 24.3 Å². The quantitative estimate of drug-likeness (QED) is 0.418. The third-order valence-corrected chi connectivity index (χ3v) is 7.17. The Kier molecular flexibility index (Phi) is 7.21. The monoisotopic (exact) mass is 520 g/mol. The fourth-order valence-corrected chi connectivity index (χ4v) is 5.20. The van der Waals surface area contributed by atoms with Crippen molar-refractivity contribution >= 4 is 50.8 Å². The van der Waals surface area contributed by atoms with E-state index >= 15 is 0 Å². The molecule has 0 aromatic heterocycles. The molecule has 0 radical (unpaired) electrons. The zero-order valence-electron chi connectivity index (χ0n) is 18.4. The van der Waals surface area contributed by atoms with Crippen LogP contribution in [0.5, 0.6) is 17.2 Å². The highest BCUT2D eigenvalue weighted by Crippen LogP contribution is 2.40. The minimum Gasteiger partial charge on any atom is -0.495 e. The molecule has 1 heterocycles. The Morgan fingerprint density at radius 1 is 1.00 bits per heavy atom. The van der Waals surface area contributed by atoms with Crippen LogP contribution in [0.1, 0.15) is 12.0 Å². The zero-order chi connectivity index (χ0) is 24.3. The molecule has 34 heavy (non-hydrogen) atoms. The first kappa shape index (κ1) is 24.2. The van der Waals surface area contributed by atoms with Crippen molar-refractivity contribution in [2.75, 3.05) is 18.9 Å². The maximum Gasteiger partial charge on any atom is 0.265 e. The summed E-state index contributed by atoms with van der Waals surface area (Å²) in [6, 6.07) is 15.1. The van der Waals surface area contributed by atoms with Crippen molar-refractivity contribution in [2.45, 2.75) is 23.8 Å². The van der Waals surface area contributed by atoms with Gasteiger partial charge in [-0.1, -0.05) is 41.4 Å². The Hall–Kier alpha value is -2.94. The van der Waals surface area contributed by atoms with Crippen LogP contribution in [0, 0.1) is 0 Å². The van der Waals surface area contributed by atoms with E-state index in [1.54, 1.807) is 6.21 Å². The molecule has 3 aromatic rings. The van der Waals surface area contributed by atoms with Gasteiger partial charge in [0.25, 0.3) is 10.0 Å². The van der Waals surface area contributed by atoms with Gasteiger partial charge in [0, 0.05) is 23.4 Å². The SMILES string of the molecule is COc1cc(Cl)ccc1S(=O)(=O)Nc1cc(Cl)c(OC2C=Nc3ccccc3CC2)c(OC)c1. The van der Waals surface area contributed by atoms with Gasteiger partial charge in [0.05, 0.1) is 30.6 Å². The summed E-state index contributed by atoms with van der Waals surface area (Å²) in [4.78, 5) is 4.46. The van der Waals surface area contributed by atoms with E-state index < -0.39 is 10.0 Å². The molecular weight excluding hydrogens is 499 g/mol. The lowest BCUT2D eigenvalue weighted by Gasteiger charge is -2.19.